The number of hydrogen-bond acceptors (Lipinski definition) is 4. The largest absolute Gasteiger partial charge is 0.385 e. The van der Waals surface area contributed by atoms with Gasteiger partial charge in [-0.25, -0.2) is 0 Å². The van der Waals surface area contributed by atoms with Crippen LogP contribution >= 0.6 is 0 Å². The number of para-hydroxylation sites is 1. The highest BCUT2D eigenvalue weighted by atomic mass is 16.5. The highest BCUT2D eigenvalue weighted by Gasteiger charge is 2.14. The summed E-state index contributed by atoms with van der Waals surface area (Å²) in [6.07, 6.45) is 0.665. The van der Waals surface area contributed by atoms with Crippen molar-refractivity contribution in [3.05, 3.63) is 29.8 Å². The van der Waals surface area contributed by atoms with E-state index in [2.05, 4.69) is 5.32 Å². The number of benzene rings is 1. The molecule has 0 atom stereocenters. The molecule has 0 aliphatic carbocycles. The molecule has 1 rings (SSSR count). The lowest BCUT2D eigenvalue weighted by atomic mass is 10.2. The van der Waals surface area contributed by atoms with Gasteiger partial charge in [-0.05, 0) is 18.6 Å². The fourth-order valence-electron chi connectivity index (χ4n) is 1.80. The summed E-state index contributed by atoms with van der Waals surface area (Å²) in [7, 11) is 1.59. The predicted octanol–water partition coefficient (Wildman–Crippen LogP) is 1.38. The van der Waals surface area contributed by atoms with E-state index in [0.29, 0.717) is 30.8 Å². The molecule has 0 bridgehead atoms. The van der Waals surface area contributed by atoms with Gasteiger partial charge in [0.25, 0.3) is 0 Å². The van der Waals surface area contributed by atoms with E-state index in [-0.39, 0.29) is 18.4 Å². The van der Waals surface area contributed by atoms with Crippen LogP contribution in [0.3, 0.4) is 0 Å². The number of nitrogens with zero attached hydrogens (tertiary/aromatic N) is 2. The molecule has 6 nitrogen and oxygen atoms in total. The Labute approximate surface area is 124 Å². The summed E-state index contributed by atoms with van der Waals surface area (Å²) in [4.78, 5) is 24.9. The van der Waals surface area contributed by atoms with Crippen LogP contribution in [0.1, 0.15) is 18.9 Å². The molecule has 0 saturated heterocycles. The number of carbonyl (C=O) groups excluding carboxylic acids is 2. The van der Waals surface area contributed by atoms with Crippen LogP contribution in [0.5, 0.6) is 0 Å². The second-order valence-electron chi connectivity index (χ2n) is 4.49. The first kappa shape index (κ1) is 16.7. The van der Waals surface area contributed by atoms with E-state index in [1.54, 1.807) is 31.4 Å². The van der Waals surface area contributed by atoms with E-state index in [9.17, 15) is 9.59 Å². The molecule has 0 saturated carbocycles. The Kier molecular flexibility index (Phi) is 6.92. The Morgan fingerprint density at radius 2 is 2.10 bits per heavy atom. The SMILES string of the molecule is COCCCN(CC(=O)Nc1ccccc1C#N)C(C)=O. The number of carbonyl (C=O) groups is 2. The van der Waals surface area contributed by atoms with Crippen molar-refractivity contribution in [2.24, 2.45) is 0 Å². The second-order valence-corrected chi connectivity index (χ2v) is 4.49. The van der Waals surface area contributed by atoms with Crippen molar-refractivity contribution >= 4 is 17.5 Å². The van der Waals surface area contributed by atoms with Crippen molar-refractivity contribution in [3.8, 4) is 6.07 Å². The van der Waals surface area contributed by atoms with E-state index < -0.39 is 0 Å². The Morgan fingerprint density at radius 3 is 2.71 bits per heavy atom. The van der Waals surface area contributed by atoms with Gasteiger partial charge in [-0.1, -0.05) is 12.1 Å². The van der Waals surface area contributed by atoms with Gasteiger partial charge in [-0.3, -0.25) is 9.59 Å². The van der Waals surface area contributed by atoms with Crippen LogP contribution in [-0.4, -0.2) is 43.5 Å². The van der Waals surface area contributed by atoms with Gasteiger partial charge in [0, 0.05) is 27.2 Å². The zero-order valence-corrected chi connectivity index (χ0v) is 12.3. The second kappa shape index (κ2) is 8.72. The lowest BCUT2D eigenvalue weighted by Crippen LogP contribution is -2.37. The molecule has 1 N–H and O–H groups in total. The topological polar surface area (TPSA) is 82.4 Å². The Morgan fingerprint density at radius 1 is 1.38 bits per heavy atom. The third kappa shape index (κ3) is 5.63. The highest BCUT2D eigenvalue weighted by Crippen LogP contribution is 2.13. The minimum absolute atomic E-state index is 0.0428. The van der Waals surface area contributed by atoms with Crippen LogP contribution in [-0.2, 0) is 14.3 Å². The number of nitrogens with one attached hydrogen (secondary N) is 1. The first-order chi connectivity index (χ1) is 10.1. The molecular weight excluding hydrogens is 270 g/mol. The van der Waals surface area contributed by atoms with Crippen LogP contribution in [0.4, 0.5) is 5.69 Å². The Hall–Kier alpha value is -2.39. The standard InChI is InChI=1S/C15H19N3O3/c1-12(19)18(8-5-9-21-2)11-15(20)17-14-7-4-3-6-13(14)10-16/h3-4,6-7H,5,8-9,11H2,1-2H3,(H,17,20). The van der Waals surface area contributed by atoms with Crippen LogP contribution in [0.25, 0.3) is 0 Å². The molecule has 0 aromatic heterocycles. The summed E-state index contributed by atoms with van der Waals surface area (Å²) in [5, 5.41) is 11.6. The first-order valence-electron chi connectivity index (χ1n) is 6.62. The maximum Gasteiger partial charge on any atom is 0.244 e. The summed E-state index contributed by atoms with van der Waals surface area (Å²) in [5.74, 6) is -0.500. The number of nitriles is 1. The number of anilines is 1. The minimum Gasteiger partial charge on any atom is -0.385 e. The van der Waals surface area contributed by atoms with Crippen LogP contribution < -0.4 is 5.32 Å². The summed E-state index contributed by atoms with van der Waals surface area (Å²) in [6, 6.07) is 8.74. The number of methoxy groups -OCH3 is 1. The van der Waals surface area contributed by atoms with Crippen molar-refractivity contribution in [3.63, 3.8) is 0 Å². The predicted molar refractivity (Wildman–Crippen MR) is 78.5 cm³/mol. The summed E-state index contributed by atoms with van der Waals surface area (Å²) < 4.78 is 4.93. The molecule has 0 fully saturated rings. The molecule has 112 valence electrons. The molecular formula is C15H19N3O3. The average Bonchev–Trinajstić information content (AvgIpc) is 2.46. The molecule has 1 aromatic carbocycles. The number of ether oxygens (including phenoxy) is 1. The summed E-state index contributed by atoms with van der Waals surface area (Å²) in [6.45, 7) is 2.36. The molecule has 0 aliphatic heterocycles. The molecule has 0 unspecified atom stereocenters. The minimum atomic E-state index is -0.328. The third-order valence-corrected chi connectivity index (χ3v) is 2.88. The normalized spacial score (nSPS) is 9.76. The molecule has 6 heteroatoms. The lowest BCUT2D eigenvalue weighted by Gasteiger charge is -2.20. The van der Waals surface area contributed by atoms with Gasteiger partial charge in [-0.15, -0.1) is 0 Å². The number of hydrogen-bond donors (Lipinski definition) is 1. The van der Waals surface area contributed by atoms with Crippen molar-refractivity contribution in [2.75, 3.05) is 32.1 Å². The van der Waals surface area contributed by atoms with Crippen molar-refractivity contribution in [1.82, 2.24) is 4.90 Å². The van der Waals surface area contributed by atoms with E-state index >= 15 is 0 Å². The van der Waals surface area contributed by atoms with E-state index in [0.717, 1.165) is 0 Å². The Bertz CT molecular complexity index is 537. The molecule has 0 aliphatic rings. The fourth-order valence-corrected chi connectivity index (χ4v) is 1.80. The van der Waals surface area contributed by atoms with Gasteiger partial charge >= 0.3 is 0 Å². The van der Waals surface area contributed by atoms with E-state index in [1.165, 1.54) is 11.8 Å². The fraction of sp³-hybridized carbons (Fsp3) is 0.400. The van der Waals surface area contributed by atoms with Gasteiger partial charge < -0.3 is 15.0 Å². The maximum atomic E-state index is 12.0. The molecule has 21 heavy (non-hydrogen) atoms. The number of rotatable bonds is 7. The molecule has 2 amide bonds. The van der Waals surface area contributed by atoms with Crippen LogP contribution in [0.15, 0.2) is 24.3 Å². The van der Waals surface area contributed by atoms with Gasteiger partial charge in [0.2, 0.25) is 11.8 Å². The van der Waals surface area contributed by atoms with E-state index in [1.807, 2.05) is 6.07 Å². The van der Waals surface area contributed by atoms with Crippen molar-refractivity contribution < 1.29 is 14.3 Å². The van der Waals surface area contributed by atoms with Gasteiger partial charge in [0.05, 0.1) is 17.8 Å². The molecule has 0 spiro atoms. The number of amides is 2. The third-order valence-electron chi connectivity index (χ3n) is 2.88. The summed E-state index contributed by atoms with van der Waals surface area (Å²) in [5.41, 5.74) is 0.838. The first-order valence-corrected chi connectivity index (χ1v) is 6.62. The Balaban J connectivity index is 2.62. The summed E-state index contributed by atoms with van der Waals surface area (Å²) >= 11 is 0. The smallest absolute Gasteiger partial charge is 0.244 e. The zero-order valence-electron chi connectivity index (χ0n) is 12.3. The molecule has 0 radical (unpaired) electrons. The quantitative estimate of drug-likeness (QED) is 0.769. The molecule has 1 aromatic rings. The van der Waals surface area contributed by atoms with Crippen molar-refractivity contribution in [1.29, 1.82) is 5.26 Å². The molecule has 0 heterocycles. The van der Waals surface area contributed by atoms with Gasteiger partial charge in [0.1, 0.15) is 6.07 Å². The van der Waals surface area contributed by atoms with Crippen LogP contribution in [0.2, 0.25) is 0 Å². The van der Waals surface area contributed by atoms with Gasteiger partial charge in [0.15, 0.2) is 0 Å². The van der Waals surface area contributed by atoms with Crippen molar-refractivity contribution in [2.45, 2.75) is 13.3 Å². The highest BCUT2D eigenvalue weighted by molar-refractivity contribution is 5.95. The maximum absolute atomic E-state index is 12.0. The lowest BCUT2D eigenvalue weighted by molar-refractivity contribution is -0.132. The van der Waals surface area contributed by atoms with Gasteiger partial charge in [-0.2, -0.15) is 5.26 Å². The van der Waals surface area contributed by atoms with E-state index in [4.69, 9.17) is 10.00 Å². The average molecular weight is 289 g/mol. The monoisotopic (exact) mass is 289 g/mol. The zero-order chi connectivity index (χ0) is 15.7. The van der Waals surface area contributed by atoms with Crippen LogP contribution in [0, 0.1) is 11.3 Å².